The van der Waals surface area contributed by atoms with Gasteiger partial charge in [0, 0.05) is 5.56 Å². The fourth-order valence-corrected chi connectivity index (χ4v) is 2.19. The van der Waals surface area contributed by atoms with E-state index in [-0.39, 0.29) is 5.95 Å². The number of hydrogen-bond acceptors (Lipinski definition) is 3. The van der Waals surface area contributed by atoms with Crippen LogP contribution in [-0.4, -0.2) is 14.8 Å². The molecule has 0 fully saturated rings. The van der Waals surface area contributed by atoms with Gasteiger partial charge in [0.15, 0.2) is 5.82 Å². The van der Waals surface area contributed by atoms with Gasteiger partial charge in [0.1, 0.15) is 0 Å². The molecule has 1 heterocycles. The van der Waals surface area contributed by atoms with Crippen LogP contribution in [0.15, 0.2) is 48.5 Å². The second-order valence-electron chi connectivity index (χ2n) is 5.12. The molecule has 0 aliphatic heterocycles. The standard InChI is InChI=1S/C16H13F3N4/c1-10-2-4-11(5-3-10)14-21-15(20)22-23(14)13-8-6-12(7-9-13)16(17,18)19/h2-9H,1H3,(H2,20,22). The number of nitrogens with zero attached hydrogens (tertiary/aromatic N) is 3. The zero-order valence-corrected chi connectivity index (χ0v) is 12.2. The summed E-state index contributed by atoms with van der Waals surface area (Å²) in [5.41, 5.74) is 7.26. The highest BCUT2D eigenvalue weighted by Crippen LogP contribution is 2.30. The molecular weight excluding hydrogens is 305 g/mol. The highest BCUT2D eigenvalue weighted by Gasteiger charge is 2.30. The minimum absolute atomic E-state index is 0.0560. The number of aromatic nitrogens is 3. The average Bonchev–Trinajstić information content (AvgIpc) is 2.89. The summed E-state index contributed by atoms with van der Waals surface area (Å²) in [4.78, 5) is 4.17. The summed E-state index contributed by atoms with van der Waals surface area (Å²) in [5, 5.41) is 4.07. The largest absolute Gasteiger partial charge is 0.416 e. The third kappa shape index (κ3) is 3.03. The number of nitrogens with two attached hydrogens (primary N) is 1. The van der Waals surface area contributed by atoms with Crippen molar-refractivity contribution in [1.82, 2.24) is 14.8 Å². The van der Waals surface area contributed by atoms with Crippen LogP contribution < -0.4 is 5.73 Å². The first-order chi connectivity index (χ1) is 10.8. The van der Waals surface area contributed by atoms with Crippen LogP contribution in [0.5, 0.6) is 0 Å². The lowest BCUT2D eigenvalue weighted by Gasteiger charge is -2.09. The van der Waals surface area contributed by atoms with Gasteiger partial charge in [0.05, 0.1) is 11.3 Å². The molecule has 0 unspecified atom stereocenters. The minimum atomic E-state index is -4.38. The van der Waals surface area contributed by atoms with E-state index in [0.29, 0.717) is 11.5 Å². The van der Waals surface area contributed by atoms with Gasteiger partial charge in [-0.1, -0.05) is 29.8 Å². The maximum Gasteiger partial charge on any atom is 0.416 e. The second-order valence-corrected chi connectivity index (χ2v) is 5.12. The molecule has 0 bridgehead atoms. The average molecular weight is 318 g/mol. The Morgan fingerprint density at radius 3 is 2.13 bits per heavy atom. The van der Waals surface area contributed by atoms with E-state index >= 15 is 0 Å². The Balaban J connectivity index is 2.05. The van der Waals surface area contributed by atoms with Crippen molar-refractivity contribution in [3.8, 4) is 17.1 Å². The van der Waals surface area contributed by atoms with Crippen LogP contribution in [0.3, 0.4) is 0 Å². The Labute approximate surface area is 130 Å². The molecule has 23 heavy (non-hydrogen) atoms. The summed E-state index contributed by atoms with van der Waals surface area (Å²) < 4.78 is 39.4. The van der Waals surface area contributed by atoms with Crippen LogP contribution in [0, 0.1) is 6.92 Å². The lowest BCUT2D eigenvalue weighted by atomic mass is 10.1. The maximum atomic E-state index is 12.7. The van der Waals surface area contributed by atoms with Crippen molar-refractivity contribution < 1.29 is 13.2 Å². The van der Waals surface area contributed by atoms with Crippen LogP contribution in [0.25, 0.3) is 17.1 Å². The number of nitrogen functional groups attached to an aromatic ring is 1. The number of halogens is 3. The molecule has 0 atom stereocenters. The molecule has 3 rings (SSSR count). The van der Waals surface area contributed by atoms with E-state index in [0.717, 1.165) is 23.3 Å². The first-order valence-electron chi connectivity index (χ1n) is 6.82. The smallest absolute Gasteiger partial charge is 0.366 e. The van der Waals surface area contributed by atoms with Gasteiger partial charge in [0.2, 0.25) is 5.95 Å². The summed E-state index contributed by atoms with van der Waals surface area (Å²) in [5.74, 6) is 0.530. The summed E-state index contributed by atoms with van der Waals surface area (Å²) in [6.07, 6.45) is -4.38. The van der Waals surface area contributed by atoms with E-state index < -0.39 is 11.7 Å². The summed E-state index contributed by atoms with van der Waals surface area (Å²) >= 11 is 0. The van der Waals surface area contributed by atoms with Crippen molar-refractivity contribution >= 4 is 5.95 Å². The van der Waals surface area contributed by atoms with Gasteiger partial charge >= 0.3 is 6.18 Å². The van der Waals surface area contributed by atoms with Crippen molar-refractivity contribution in [2.45, 2.75) is 13.1 Å². The second kappa shape index (κ2) is 5.42. The first-order valence-corrected chi connectivity index (χ1v) is 6.82. The highest BCUT2D eigenvalue weighted by atomic mass is 19.4. The topological polar surface area (TPSA) is 56.7 Å². The highest BCUT2D eigenvalue weighted by molar-refractivity contribution is 5.60. The molecular formula is C16H13F3N4. The Hall–Kier alpha value is -2.83. The molecule has 0 saturated heterocycles. The number of benzene rings is 2. The monoisotopic (exact) mass is 318 g/mol. The zero-order chi connectivity index (χ0) is 16.6. The maximum absolute atomic E-state index is 12.7. The molecule has 2 aromatic carbocycles. The fourth-order valence-electron chi connectivity index (χ4n) is 2.19. The van der Waals surface area contributed by atoms with E-state index in [2.05, 4.69) is 10.1 Å². The number of anilines is 1. The van der Waals surface area contributed by atoms with Gasteiger partial charge < -0.3 is 5.73 Å². The molecule has 0 amide bonds. The molecule has 7 heteroatoms. The Kier molecular flexibility index (Phi) is 3.55. The van der Waals surface area contributed by atoms with Gasteiger partial charge in [-0.15, -0.1) is 5.10 Å². The van der Waals surface area contributed by atoms with Crippen LogP contribution >= 0.6 is 0 Å². The number of aryl methyl sites for hydroxylation is 1. The predicted octanol–water partition coefficient (Wildman–Crippen LogP) is 3.84. The van der Waals surface area contributed by atoms with Crippen molar-refractivity contribution in [3.05, 3.63) is 59.7 Å². The van der Waals surface area contributed by atoms with E-state index in [1.807, 2.05) is 31.2 Å². The third-order valence-electron chi connectivity index (χ3n) is 3.37. The Morgan fingerprint density at radius 2 is 1.57 bits per heavy atom. The van der Waals surface area contributed by atoms with E-state index in [4.69, 9.17) is 5.73 Å². The van der Waals surface area contributed by atoms with Crippen LogP contribution in [0.4, 0.5) is 19.1 Å². The summed E-state index contributed by atoms with van der Waals surface area (Å²) in [6.45, 7) is 1.96. The molecule has 0 saturated carbocycles. The molecule has 0 spiro atoms. The molecule has 0 aliphatic rings. The Morgan fingerprint density at radius 1 is 0.957 bits per heavy atom. The van der Waals surface area contributed by atoms with Gasteiger partial charge in [0.25, 0.3) is 0 Å². The van der Waals surface area contributed by atoms with Gasteiger partial charge in [-0.25, -0.2) is 4.68 Å². The minimum Gasteiger partial charge on any atom is -0.366 e. The summed E-state index contributed by atoms with van der Waals surface area (Å²) in [7, 11) is 0. The van der Waals surface area contributed by atoms with Crippen LogP contribution in [0.1, 0.15) is 11.1 Å². The third-order valence-corrected chi connectivity index (χ3v) is 3.37. The van der Waals surface area contributed by atoms with Gasteiger partial charge in [-0.2, -0.15) is 18.2 Å². The molecule has 1 aromatic heterocycles. The molecule has 0 radical (unpaired) electrons. The quantitative estimate of drug-likeness (QED) is 0.781. The SMILES string of the molecule is Cc1ccc(-c2nc(N)nn2-c2ccc(C(F)(F)F)cc2)cc1. The van der Waals surface area contributed by atoms with E-state index in [1.54, 1.807) is 0 Å². The molecule has 118 valence electrons. The van der Waals surface area contributed by atoms with Crippen molar-refractivity contribution in [3.63, 3.8) is 0 Å². The van der Waals surface area contributed by atoms with E-state index in [1.165, 1.54) is 16.8 Å². The zero-order valence-electron chi connectivity index (χ0n) is 12.2. The number of alkyl halides is 3. The van der Waals surface area contributed by atoms with Crippen molar-refractivity contribution in [1.29, 1.82) is 0 Å². The fraction of sp³-hybridized carbons (Fsp3) is 0.125. The van der Waals surface area contributed by atoms with Crippen molar-refractivity contribution in [2.75, 3.05) is 5.73 Å². The van der Waals surface area contributed by atoms with Crippen LogP contribution in [0.2, 0.25) is 0 Å². The summed E-state index contributed by atoms with van der Waals surface area (Å²) in [6, 6.07) is 12.2. The van der Waals surface area contributed by atoms with E-state index in [9.17, 15) is 13.2 Å². The molecule has 4 nitrogen and oxygen atoms in total. The number of hydrogen-bond donors (Lipinski definition) is 1. The molecule has 2 N–H and O–H groups in total. The first kappa shape index (κ1) is 15.1. The molecule has 3 aromatic rings. The van der Waals surface area contributed by atoms with Crippen molar-refractivity contribution in [2.24, 2.45) is 0 Å². The lowest BCUT2D eigenvalue weighted by Crippen LogP contribution is -2.06. The van der Waals surface area contributed by atoms with Gasteiger partial charge in [-0.3, -0.25) is 0 Å². The Bertz CT molecular complexity index is 818. The molecule has 0 aliphatic carbocycles. The van der Waals surface area contributed by atoms with Crippen LogP contribution in [-0.2, 0) is 6.18 Å². The number of rotatable bonds is 2. The van der Waals surface area contributed by atoms with Gasteiger partial charge in [-0.05, 0) is 31.2 Å². The lowest BCUT2D eigenvalue weighted by molar-refractivity contribution is -0.137. The normalized spacial score (nSPS) is 11.7. The predicted molar refractivity (Wildman–Crippen MR) is 80.9 cm³/mol.